The van der Waals surface area contributed by atoms with Crippen LogP contribution in [0.3, 0.4) is 0 Å². The van der Waals surface area contributed by atoms with Crippen LogP contribution < -0.4 is 0 Å². The molecule has 38 heavy (non-hydrogen) atoms. The van der Waals surface area contributed by atoms with E-state index in [1.54, 1.807) is 24.3 Å². The molecule has 0 bridgehead atoms. The Morgan fingerprint density at radius 2 is 0.789 bits per heavy atom. The number of esters is 2. The molecule has 0 saturated heterocycles. The molecule has 0 unspecified atom stereocenters. The molecule has 1 aromatic rings. The van der Waals surface area contributed by atoms with Crippen LogP contribution in [0.2, 0.25) is 0 Å². The maximum absolute atomic E-state index is 13.2. The Balaban J connectivity index is 2.97. The predicted molar refractivity (Wildman–Crippen MR) is 160 cm³/mol. The Morgan fingerprint density at radius 3 is 1.05 bits per heavy atom. The molecular formula is C34H58O4. The summed E-state index contributed by atoms with van der Waals surface area (Å²) in [5.74, 6) is -0.575. The van der Waals surface area contributed by atoms with E-state index in [9.17, 15) is 9.59 Å². The highest BCUT2D eigenvalue weighted by Crippen LogP contribution is 2.33. The Morgan fingerprint density at radius 1 is 0.474 bits per heavy atom. The van der Waals surface area contributed by atoms with E-state index in [1.165, 1.54) is 38.5 Å². The summed E-state index contributed by atoms with van der Waals surface area (Å²) in [6.07, 6.45) is 18.7. The van der Waals surface area contributed by atoms with Crippen LogP contribution in [0.1, 0.15) is 178 Å². The predicted octanol–water partition coefficient (Wildman–Crippen LogP) is 10.6. The molecular weight excluding hydrogens is 472 g/mol. The van der Waals surface area contributed by atoms with Gasteiger partial charge in [0.05, 0.1) is 11.1 Å². The van der Waals surface area contributed by atoms with Crippen molar-refractivity contribution in [3.63, 3.8) is 0 Å². The maximum Gasteiger partial charge on any atom is 0.338 e. The maximum atomic E-state index is 13.2. The minimum Gasteiger partial charge on any atom is -0.455 e. The average Bonchev–Trinajstić information content (AvgIpc) is 2.90. The van der Waals surface area contributed by atoms with Crippen molar-refractivity contribution in [2.45, 2.75) is 168 Å². The van der Waals surface area contributed by atoms with E-state index in [4.69, 9.17) is 9.47 Å². The molecule has 0 aliphatic rings. The highest BCUT2D eigenvalue weighted by Gasteiger charge is 2.34. The first-order valence-corrected chi connectivity index (χ1v) is 15.9. The van der Waals surface area contributed by atoms with Gasteiger partial charge in [0, 0.05) is 0 Å². The van der Waals surface area contributed by atoms with Crippen molar-refractivity contribution in [2.75, 3.05) is 0 Å². The summed E-state index contributed by atoms with van der Waals surface area (Å²) < 4.78 is 12.5. The first-order chi connectivity index (χ1) is 18.3. The molecule has 0 spiro atoms. The molecule has 0 saturated carbocycles. The van der Waals surface area contributed by atoms with E-state index in [0.717, 1.165) is 77.0 Å². The average molecular weight is 531 g/mol. The normalized spacial score (nSPS) is 11.9. The van der Waals surface area contributed by atoms with E-state index in [0.29, 0.717) is 11.1 Å². The molecule has 0 amide bonds. The van der Waals surface area contributed by atoms with Gasteiger partial charge >= 0.3 is 11.9 Å². The van der Waals surface area contributed by atoms with E-state index in [1.807, 2.05) is 0 Å². The zero-order valence-electron chi connectivity index (χ0n) is 25.7. The second-order valence-electron chi connectivity index (χ2n) is 11.3. The Bertz CT molecular complexity index is 690. The Kier molecular flexibility index (Phi) is 17.3. The number of carbonyl (C=O) groups excluding carboxylic acids is 2. The summed E-state index contributed by atoms with van der Waals surface area (Å²) in [6.45, 7) is 13.1. The first-order valence-electron chi connectivity index (χ1n) is 15.9. The van der Waals surface area contributed by atoms with Crippen LogP contribution in [0, 0.1) is 0 Å². The van der Waals surface area contributed by atoms with Gasteiger partial charge in [0.1, 0.15) is 11.2 Å². The van der Waals surface area contributed by atoms with Crippen molar-refractivity contribution in [1.82, 2.24) is 0 Å². The van der Waals surface area contributed by atoms with E-state index in [2.05, 4.69) is 41.5 Å². The van der Waals surface area contributed by atoms with Gasteiger partial charge < -0.3 is 9.47 Å². The summed E-state index contributed by atoms with van der Waals surface area (Å²) >= 11 is 0. The van der Waals surface area contributed by atoms with Crippen LogP contribution in [-0.2, 0) is 9.47 Å². The van der Waals surface area contributed by atoms with Gasteiger partial charge in [0.25, 0.3) is 0 Å². The summed E-state index contributed by atoms with van der Waals surface area (Å²) in [5.41, 5.74) is 0.201. The SMILES string of the molecule is CCCCCCC(CCC)(CCC)OC(=O)c1ccc(C(=O)OC(CCC)(CCC)CCCCCC)cc1. The fourth-order valence-electron chi connectivity index (χ4n) is 5.88. The lowest BCUT2D eigenvalue weighted by molar-refractivity contribution is -0.0355. The number of hydrogen-bond acceptors (Lipinski definition) is 4. The van der Waals surface area contributed by atoms with Gasteiger partial charge in [-0.05, 0) is 75.6 Å². The zero-order chi connectivity index (χ0) is 28.3. The van der Waals surface area contributed by atoms with Gasteiger partial charge in [0.15, 0.2) is 0 Å². The first kappa shape index (κ1) is 34.2. The van der Waals surface area contributed by atoms with Crippen LogP contribution in [0.4, 0.5) is 0 Å². The van der Waals surface area contributed by atoms with Crippen LogP contribution in [0.25, 0.3) is 0 Å². The topological polar surface area (TPSA) is 52.6 Å². The van der Waals surface area contributed by atoms with Crippen LogP contribution in [-0.4, -0.2) is 23.1 Å². The summed E-state index contributed by atoms with van der Waals surface area (Å²) in [6, 6.07) is 6.89. The summed E-state index contributed by atoms with van der Waals surface area (Å²) in [5, 5.41) is 0. The fraction of sp³-hybridized carbons (Fsp3) is 0.765. The third kappa shape index (κ3) is 11.9. The molecule has 0 heterocycles. The highest BCUT2D eigenvalue weighted by atomic mass is 16.6. The molecule has 218 valence electrons. The van der Waals surface area contributed by atoms with Gasteiger partial charge in [0.2, 0.25) is 0 Å². The van der Waals surface area contributed by atoms with Crippen molar-refractivity contribution in [1.29, 1.82) is 0 Å². The van der Waals surface area contributed by atoms with Gasteiger partial charge in [-0.25, -0.2) is 9.59 Å². The molecule has 0 N–H and O–H groups in total. The molecule has 4 nitrogen and oxygen atoms in total. The second kappa shape index (κ2) is 19.3. The minimum absolute atomic E-state index is 0.287. The second-order valence-corrected chi connectivity index (χ2v) is 11.3. The molecule has 0 aliphatic carbocycles. The van der Waals surface area contributed by atoms with Crippen molar-refractivity contribution in [3.8, 4) is 0 Å². The van der Waals surface area contributed by atoms with Crippen molar-refractivity contribution in [3.05, 3.63) is 35.4 Å². The van der Waals surface area contributed by atoms with Crippen LogP contribution in [0.15, 0.2) is 24.3 Å². The number of carbonyl (C=O) groups is 2. The van der Waals surface area contributed by atoms with Crippen LogP contribution in [0.5, 0.6) is 0 Å². The number of unbranched alkanes of at least 4 members (excludes halogenated alkanes) is 6. The van der Waals surface area contributed by atoms with Crippen molar-refractivity contribution >= 4 is 11.9 Å². The summed E-state index contributed by atoms with van der Waals surface area (Å²) in [4.78, 5) is 26.4. The lowest BCUT2D eigenvalue weighted by Crippen LogP contribution is -2.35. The van der Waals surface area contributed by atoms with Gasteiger partial charge in [-0.1, -0.05) is 106 Å². The Hall–Kier alpha value is -1.84. The van der Waals surface area contributed by atoms with Gasteiger partial charge in [-0.15, -0.1) is 0 Å². The van der Waals surface area contributed by atoms with E-state index < -0.39 is 11.2 Å². The number of hydrogen-bond donors (Lipinski definition) is 0. The standard InChI is InChI=1S/C34H58O4/c1-7-13-15-17-27-33(23-9-3,24-10-4)37-31(35)29-19-21-30(22-20-29)32(36)38-34(25-11-5,26-12-6)28-18-16-14-8-2/h19-22H,7-18,23-28H2,1-6H3. The molecule has 0 radical (unpaired) electrons. The van der Waals surface area contributed by atoms with Crippen LogP contribution >= 0.6 is 0 Å². The molecule has 0 fully saturated rings. The molecule has 0 atom stereocenters. The fourth-order valence-corrected chi connectivity index (χ4v) is 5.88. The molecule has 4 heteroatoms. The number of benzene rings is 1. The number of ether oxygens (including phenoxy) is 2. The van der Waals surface area contributed by atoms with E-state index >= 15 is 0 Å². The van der Waals surface area contributed by atoms with Crippen molar-refractivity contribution < 1.29 is 19.1 Å². The smallest absolute Gasteiger partial charge is 0.338 e. The zero-order valence-corrected chi connectivity index (χ0v) is 25.7. The molecule has 1 rings (SSSR count). The summed E-state index contributed by atoms with van der Waals surface area (Å²) in [7, 11) is 0. The van der Waals surface area contributed by atoms with Crippen molar-refractivity contribution in [2.24, 2.45) is 0 Å². The largest absolute Gasteiger partial charge is 0.455 e. The lowest BCUT2D eigenvalue weighted by Gasteiger charge is -2.34. The monoisotopic (exact) mass is 530 g/mol. The van der Waals surface area contributed by atoms with Gasteiger partial charge in [-0.2, -0.15) is 0 Å². The molecule has 1 aromatic carbocycles. The Labute approximate surface area is 234 Å². The number of rotatable bonds is 22. The minimum atomic E-state index is -0.399. The quantitative estimate of drug-likeness (QED) is 0.110. The molecule has 0 aliphatic heterocycles. The third-order valence-corrected chi connectivity index (χ3v) is 7.77. The highest BCUT2D eigenvalue weighted by molar-refractivity contribution is 5.93. The van der Waals surface area contributed by atoms with E-state index in [-0.39, 0.29) is 11.9 Å². The third-order valence-electron chi connectivity index (χ3n) is 7.77. The van der Waals surface area contributed by atoms with Gasteiger partial charge in [-0.3, -0.25) is 0 Å². The lowest BCUT2D eigenvalue weighted by atomic mass is 9.86. The molecule has 0 aromatic heterocycles.